The molecule has 1 amide bonds. The summed E-state index contributed by atoms with van der Waals surface area (Å²) in [6.45, 7) is 4.02. The van der Waals surface area contributed by atoms with Crippen LogP contribution in [0, 0.1) is 12.8 Å². The summed E-state index contributed by atoms with van der Waals surface area (Å²) < 4.78 is 5.11. The molecule has 1 aromatic rings. The molecule has 0 fully saturated rings. The van der Waals surface area contributed by atoms with E-state index >= 15 is 0 Å². The van der Waals surface area contributed by atoms with Crippen LogP contribution in [0.1, 0.15) is 27.9 Å². The molecule has 0 spiro atoms. The van der Waals surface area contributed by atoms with Gasteiger partial charge in [0.1, 0.15) is 10.6 Å². The van der Waals surface area contributed by atoms with E-state index in [4.69, 9.17) is 9.84 Å². The zero-order valence-corrected chi connectivity index (χ0v) is 11.5. The Morgan fingerprint density at radius 2 is 2.22 bits per heavy atom. The Morgan fingerprint density at radius 3 is 2.78 bits per heavy atom. The fraction of sp³-hybridized carbons (Fsp3) is 0.500. The summed E-state index contributed by atoms with van der Waals surface area (Å²) in [5.41, 5.74) is 0. The van der Waals surface area contributed by atoms with Crippen molar-refractivity contribution in [3.63, 3.8) is 0 Å². The maximum absolute atomic E-state index is 11.9. The predicted octanol–water partition coefficient (Wildman–Crippen LogP) is 1.91. The zero-order valence-electron chi connectivity index (χ0n) is 10.6. The molecule has 0 aromatic carbocycles. The summed E-state index contributed by atoms with van der Waals surface area (Å²) in [5, 5.41) is 11.3. The summed E-state index contributed by atoms with van der Waals surface area (Å²) in [4.78, 5) is 23.9. The average Bonchev–Trinajstić information content (AvgIpc) is 2.66. The second kappa shape index (κ2) is 6.39. The molecule has 0 aliphatic carbocycles. The third kappa shape index (κ3) is 4.03. The van der Waals surface area contributed by atoms with E-state index < -0.39 is 5.97 Å². The van der Waals surface area contributed by atoms with Crippen LogP contribution in [0.3, 0.4) is 0 Å². The molecule has 1 aromatic heterocycles. The predicted molar refractivity (Wildman–Crippen MR) is 69.4 cm³/mol. The van der Waals surface area contributed by atoms with Gasteiger partial charge in [-0.05, 0) is 18.9 Å². The number of nitrogens with one attached hydrogen (secondary N) is 1. The molecule has 2 N–H and O–H groups in total. The standard InChI is InChI=1S/C12H17NO4S/c1-7(4-10(14)15)6-13-12(16)11-9(17-3)5-8(2)18-11/h5,7H,4,6H2,1-3H3,(H,13,16)(H,14,15). The van der Waals surface area contributed by atoms with Crippen molar-refractivity contribution in [2.45, 2.75) is 20.3 Å². The van der Waals surface area contributed by atoms with Crippen molar-refractivity contribution in [3.05, 3.63) is 15.8 Å². The largest absolute Gasteiger partial charge is 0.495 e. The number of aryl methyl sites for hydroxylation is 1. The number of carbonyl (C=O) groups is 2. The van der Waals surface area contributed by atoms with Crippen molar-refractivity contribution in [3.8, 4) is 5.75 Å². The second-order valence-electron chi connectivity index (χ2n) is 4.17. The number of carboxylic acid groups (broad SMARTS) is 1. The van der Waals surface area contributed by atoms with Crippen molar-refractivity contribution >= 4 is 23.2 Å². The molecule has 1 atom stereocenters. The van der Waals surface area contributed by atoms with E-state index in [9.17, 15) is 9.59 Å². The molecule has 18 heavy (non-hydrogen) atoms. The maximum Gasteiger partial charge on any atom is 0.303 e. The number of carbonyl (C=O) groups excluding carboxylic acids is 1. The molecule has 0 aliphatic heterocycles. The number of carboxylic acids is 1. The smallest absolute Gasteiger partial charge is 0.303 e. The fourth-order valence-corrected chi connectivity index (χ4v) is 2.41. The molecular weight excluding hydrogens is 254 g/mol. The fourth-order valence-electron chi connectivity index (χ4n) is 1.52. The van der Waals surface area contributed by atoms with Gasteiger partial charge in [-0.3, -0.25) is 9.59 Å². The molecule has 0 bridgehead atoms. The Labute approximate surface area is 110 Å². The highest BCUT2D eigenvalue weighted by Crippen LogP contribution is 2.28. The minimum atomic E-state index is -0.860. The summed E-state index contributed by atoms with van der Waals surface area (Å²) >= 11 is 1.36. The van der Waals surface area contributed by atoms with Crippen LogP contribution in [0.2, 0.25) is 0 Å². The van der Waals surface area contributed by atoms with Gasteiger partial charge in [0, 0.05) is 17.8 Å². The molecule has 0 aliphatic rings. The first-order valence-corrected chi connectivity index (χ1v) is 6.40. The second-order valence-corrected chi connectivity index (χ2v) is 5.42. The lowest BCUT2D eigenvalue weighted by Gasteiger charge is -2.10. The Morgan fingerprint density at radius 1 is 1.56 bits per heavy atom. The zero-order chi connectivity index (χ0) is 13.7. The summed E-state index contributed by atoms with van der Waals surface area (Å²) in [5.74, 6) is -0.622. The van der Waals surface area contributed by atoms with Crippen LogP contribution >= 0.6 is 11.3 Å². The summed E-state index contributed by atoms with van der Waals surface area (Å²) in [6.07, 6.45) is 0.0425. The minimum absolute atomic E-state index is 0.0425. The van der Waals surface area contributed by atoms with Crippen LogP contribution in [0.5, 0.6) is 5.75 Å². The Balaban J connectivity index is 2.57. The van der Waals surface area contributed by atoms with Gasteiger partial charge in [-0.15, -0.1) is 11.3 Å². The number of ether oxygens (including phenoxy) is 1. The van der Waals surface area contributed by atoms with Gasteiger partial charge in [0.15, 0.2) is 0 Å². The monoisotopic (exact) mass is 271 g/mol. The van der Waals surface area contributed by atoms with Gasteiger partial charge in [0.2, 0.25) is 0 Å². The van der Waals surface area contributed by atoms with Crippen molar-refractivity contribution in [1.29, 1.82) is 0 Å². The van der Waals surface area contributed by atoms with Gasteiger partial charge in [-0.2, -0.15) is 0 Å². The van der Waals surface area contributed by atoms with Gasteiger partial charge in [0.05, 0.1) is 7.11 Å². The molecule has 1 heterocycles. The number of hydrogen-bond donors (Lipinski definition) is 2. The number of rotatable bonds is 6. The van der Waals surface area contributed by atoms with E-state index in [-0.39, 0.29) is 18.2 Å². The van der Waals surface area contributed by atoms with E-state index in [1.807, 2.05) is 6.92 Å². The van der Waals surface area contributed by atoms with Gasteiger partial charge in [0.25, 0.3) is 5.91 Å². The molecule has 6 heteroatoms. The Kier molecular flexibility index (Phi) is 5.15. The van der Waals surface area contributed by atoms with Crippen molar-refractivity contribution < 1.29 is 19.4 Å². The molecule has 5 nitrogen and oxygen atoms in total. The highest BCUT2D eigenvalue weighted by molar-refractivity contribution is 7.14. The first-order chi connectivity index (χ1) is 8.43. The quantitative estimate of drug-likeness (QED) is 0.828. The number of methoxy groups -OCH3 is 1. The number of amides is 1. The first-order valence-electron chi connectivity index (χ1n) is 5.58. The molecule has 0 saturated carbocycles. The van der Waals surface area contributed by atoms with Gasteiger partial charge in [-0.25, -0.2) is 0 Å². The van der Waals surface area contributed by atoms with Crippen LogP contribution in [-0.2, 0) is 4.79 Å². The summed E-state index contributed by atoms with van der Waals surface area (Å²) in [6, 6.07) is 1.81. The lowest BCUT2D eigenvalue weighted by molar-refractivity contribution is -0.137. The number of aliphatic carboxylic acids is 1. The highest BCUT2D eigenvalue weighted by atomic mass is 32.1. The third-order valence-corrected chi connectivity index (χ3v) is 3.41. The van der Waals surface area contributed by atoms with Crippen LogP contribution in [-0.4, -0.2) is 30.6 Å². The normalized spacial score (nSPS) is 11.9. The van der Waals surface area contributed by atoms with Crippen LogP contribution in [0.15, 0.2) is 6.07 Å². The molecule has 1 rings (SSSR count). The Bertz CT molecular complexity index is 441. The van der Waals surface area contributed by atoms with Crippen molar-refractivity contribution in [2.75, 3.05) is 13.7 Å². The SMILES string of the molecule is COc1cc(C)sc1C(=O)NCC(C)CC(=O)O. The van der Waals surface area contributed by atoms with E-state index in [1.165, 1.54) is 18.4 Å². The number of thiophene rings is 1. The molecule has 100 valence electrons. The van der Waals surface area contributed by atoms with Crippen LogP contribution in [0.4, 0.5) is 0 Å². The lowest BCUT2D eigenvalue weighted by Crippen LogP contribution is -2.28. The van der Waals surface area contributed by atoms with Gasteiger partial charge < -0.3 is 15.2 Å². The molecular formula is C12H17NO4S. The average molecular weight is 271 g/mol. The topological polar surface area (TPSA) is 75.6 Å². The van der Waals surface area contributed by atoms with E-state index in [0.29, 0.717) is 17.2 Å². The molecule has 0 radical (unpaired) electrons. The van der Waals surface area contributed by atoms with Crippen LogP contribution < -0.4 is 10.1 Å². The first kappa shape index (κ1) is 14.5. The molecule has 1 unspecified atom stereocenters. The Hall–Kier alpha value is -1.56. The van der Waals surface area contributed by atoms with E-state index in [1.54, 1.807) is 13.0 Å². The lowest BCUT2D eigenvalue weighted by atomic mass is 10.1. The van der Waals surface area contributed by atoms with Crippen molar-refractivity contribution in [2.24, 2.45) is 5.92 Å². The highest BCUT2D eigenvalue weighted by Gasteiger charge is 2.16. The van der Waals surface area contributed by atoms with Crippen LogP contribution in [0.25, 0.3) is 0 Å². The molecule has 0 saturated heterocycles. The summed E-state index contributed by atoms with van der Waals surface area (Å²) in [7, 11) is 1.52. The van der Waals surface area contributed by atoms with E-state index in [0.717, 1.165) is 4.88 Å². The van der Waals surface area contributed by atoms with Crippen molar-refractivity contribution in [1.82, 2.24) is 5.32 Å². The third-order valence-electron chi connectivity index (χ3n) is 2.38. The van der Waals surface area contributed by atoms with Gasteiger partial charge in [-0.1, -0.05) is 6.92 Å². The van der Waals surface area contributed by atoms with E-state index in [2.05, 4.69) is 5.32 Å². The minimum Gasteiger partial charge on any atom is -0.495 e. The maximum atomic E-state index is 11.9. The number of hydrogen-bond acceptors (Lipinski definition) is 4. The van der Waals surface area contributed by atoms with Gasteiger partial charge >= 0.3 is 5.97 Å².